The molecule has 0 unspecified atom stereocenters. The van der Waals surface area contributed by atoms with Gasteiger partial charge < -0.3 is 9.80 Å². The summed E-state index contributed by atoms with van der Waals surface area (Å²) in [5.41, 5.74) is 2.33. The second kappa shape index (κ2) is 9.01. The predicted molar refractivity (Wildman–Crippen MR) is 110 cm³/mol. The van der Waals surface area contributed by atoms with Gasteiger partial charge in [-0.2, -0.15) is 0 Å². The first-order valence-corrected chi connectivity index (χ1v) is 10.4. The van der Waals surface area contributed by atoms with E-state index in [1.54, 1.807) is 24.3 Å². The van der Waals surface area contributed by atoms with Gasteiger partial charge in [0.1, 0.15) is 11.6 Å². The van der Waals surface area contributed by atoms with E-state index >= 15 is 0 Å². The number of rotatable bonds is 5. The van der Waals surface area contributed by atoms with Gasteiger partial charge in [0, 0.05) is 44.5 Å². The predicted octanol–water partition coefficient (Wildman–Crippen LogP) is 3.79. The molecule has 2 aromatic carbocycles. The van der Waals surface area contributed by atoms with Crippen LogP contribution in [0.15, 0.2) is 48.5 Å². The highest BCUT2D eigenvalue weighted by Gasteiger charge is 2.27. The number of benzene rings is 2. The molecular weight excluding hydrogens is 356 g/mol. The highest BCUT2D eigenvalue weighted by Crippen LogP contribution is 2.22. The van der Waals surface area contributed by atoms with Crippen molar-refractivity contribution in [1.29, 1.82) is 0 Å². The number of piperidine rings is 1. The Morgan fingerprint density at radius 1 is 0.714 bits per heavy atom. The Morgan fingerprint density at radius 3 is 1.89 bits per heavy atom. The monoisotopic (exact) mass is 385 g/mol. The Balaban J connectivity index is 1.19. The lowest BCUT2D eigenvalue weighted by molar-refractivity contribution is 0.104. The van der Waals surface area contributed by atoms with E-state index in [9.17, 15) is 8.78 Å². The second-order valence-corrected chi connectivity index (χ2v) is 7.95. The van der Waals surface area contributed by atoms with Crippen molar-refractivity contribution in [2.24, 2.45) is 0 Å². The van der Waals surface area contributed by atoms with Crippen LogP contribution in [0.2, 0.25) is 0 Å². The summed E-state index contributed by atoms with van der Waals surface area (Å²) in [6.45, 7) is 7.52. The molecule has 2 aromatic rings. The van der Waals surface area contributed by atoms with E-state index < -0.39 is 0 Å². The summed E-state index contributed by atoms with van der Waals surface area (Å²) in [5, 5.41) is 0. The molecule has 0 aromatic heterocycles. The van der Waals surface area contributed by atoms with Crippen molar-refractivity contribution in [3.8, 4) is 0 Å². The van der Waals surface area contributed by atoms with Crippen molar-refractivity contribution in [2.75, 3.05) is 50.7 Å². The standard InChI is InChI=1S/C23H29F2N3/c24-20-3-1-19(2-4-20)9-12-26-13-10-23(11-14-26)28-17-15-27(16-18-28)22-7-5-21(25)6-8-22/h1-8,23H,9-18H2. The van der Waals surface area contributed by atoms with E-state index in [2.05, 4.69) is 14.7 Å². The first-order valence-electron chi connectivity index (χ1n) is 10.4. The van der Waals surface area contributed by atoms with E-state index in [0.29, 0.717) is 6.04 Å². The molecule has 2 fully saturated rings. The van der Waals surface area contributed by atoms with Crippen molar-refractivity contribution in [2.45, 2.75) is 25.3 Å². The summed E-state index contributed by atoms with van der Waals surface area (Å²) in [5.74, 6) is -0.335. The molecule has 0 bridgehead atoms. The van der Waals surface area contributed by atoms with Crippen LogP contribution in [0.5, 0.6) is 0 Å². The molecule has 28 heavy (non-hydrogen) atoms. The van der Waals surface area contributed by atoms with Crippen LogP contribution in [0.25, 0.3) is 0 Å². The molecule has 0 amide bonds. The summed E-state index contributed by atoms with van der Waals surface area (Å²) < 4.78 is 26.1. The van der Waals surface area contributed by atoms with Crippen molar-refractivity contribution >= 4 is 5.69 Å². The third kappa shape index (κ3) is 4.89. The SMILES string of the molecule is Fc1ccc(CCN2CCC(N3CCN(c4ccc(F)cc4)CC3)CC2)cc1. The number of hydrogen-bond acceptors (Lipinski definition) is 3. The first-order chi connectivity index (χ1) is 13.7. The minimum Gasteiger partial charge on any atom is -0.369 e. The molecule has 2 heterocycles. The highest BCUT2D eigenvalue weighted by molar-refractivity contribution is 5.46. The van der Waals surface area contributed by atoms with Crippen LogP contribution >= 0.6 is 0 Å². The second-order valence-electron chi connectivity index (χ2n) is 7.95. The molecule has 0 N–H and O–H groups in total. The lowest BCUT2D eigenvalue weighted by atomic mass is 10.0. The number of hydrogen-bond donors (Lipinski definition) is 0. The van der Waals surface area contributed by atoms with Gasteiger partial charge in [-0.05, 0) is 74.3 Å². The Hall–Kier alpha value is -1.98. The first kappa shape index (κ1) is 19.3. The Bertz CT molecular complexity index is 731. The van der Waals surface area contributed by atoms with Crippen LogP contribution in [0.4, 0.5) is 14.5 Å². The fourth-order valence-corrected chi connectivity index (χ4v) is 4.44. The molecule has 0 spiro atoms. The van der Waals surface area contributed by atoms with E-state index in [4.69, 9.17) is 0 Å². The van der Waals surface area contributed by atoms with Crippen LogP contribution in [-0.4, -0.2) is 61.7 Å². The molecule has 0 aliphatic carbocycles. The minimum absolute atomic E-state index is 0.163. The molecule has 2 saturated heterocycles. The third-order valence-electron chi connectivity index (χ3n) is 6.21. The Kier molecular flexibility index (Phi) is 6.23. The molecule has 4 rings (SSSR count). The lowest BCUT2D eigenvalue weighted by Crippen LogP contribution is -2.53. The van der Waals surface area contributed by atoms with Gasteiger partial charge in [0.05, 0.1) is 0 Å². The molecule has 0 saturated carbocycles. The summed E-state index contributed by atoms with van der Waals surface area (Å²) in [6, 6.07) is 14.4. The molecule has 150 valence electrons. The summed E-state index contributed by atoms with van der Waals surface area (Å²) in [7, 11) is 0. The van der Waals surface area contributed by atoms with Crippen molar-refractivity contribution in [1.82, 2.24) is 9.80 Å². The van der Waals surface area contributed by atoms with Gasteiger partial charge in [0.15, 0.2) is 0 Å². The summed E-state index contributed by atoms with van der Waals surface area (Å²) >= 11 is 0. The third-order valence-corrected chi connectivity index (χ3v) is 6.21. The zero-order chi connectivity index (χ0) is 19.3. The maximum Gasteiger partial charge on any atom is 0.123 e. The average molecular weight is 386 g/mol. The Morgan fingerprint density at radius 2 is 1.29 bits per heavy atom. The number of anilines is 1. The van der Waals surface area contributed by atoms with Gasteiger partial charge in [-0.1, -0.05) is 12.1 Å². The van der Waals surface area contributed by atoms with E-state index in [-0.39, 0.29) is 11.6 Å². The van der Waals surface area contributed by atoms with Crippen molar-refractivity contribution in [3.05, 3.63) is 65.7 Å². The van der Waals surface area contributed by atoms with Crippen molar-refractivity contribution in [3.63, 3.8) is 0 Å². The van der Waals surface area contributed by atoms with Gasteiger partial charge in [-0.25, -0.2) is 8.78 Å². The molecular formula is C23H29F2N3. The fraction of sp³-hybridized carbons (Fsp3) is 0.478. The zero-order valence-electron chi connectivity index (χ0n) is 16.4. The fourth-order valence-electron chi connectivity index (χ4n) is 4.44. The van der Waals surface area contributed by atoms with Gasteiger partial charge in [0.2, 0.25) is 0 Å². The maximum atomic E-state index is 13.1. The average Bonchev–Trinajstić information content (AvgIpc) is 2.74. The topological polar surface area (TPSA) is 9.72 Å². The van der Waals surface area contributed by atoms with Crippen LogP contribution < -0.4 is 4.90 Å². The smallest absolute Gasteiger partial charge is 0.123 e. The molecule has 2 aliphatic rings. The van der Waals surface area contributed by atoms with Crippen LogP contribution in [0.1, 0.15) is 18.4 Å². The van der Waals surface area contributed by atoms with E-state index in [1.165, 1.54) is 18.4 Å². The largest absolute Gasteiger partial charge is 0.369 e. The molecule has 5 heteroatoms. The quantitative estimate of drug-likeness (QED) is 0.775. The van der Waals surface area contributed by atoms with E-state index in [0.717, 1.165) is 57.9 Å². The lowest BCUT2D eigenvalue weighted by Gasteiger charge is -2.43. The summed E-state index contributed by atoms with van der Waals surface area (Å²) in [4.78, 5) is 7.53. The number of likely N-dealkylation sites (tertiary alicyclic amines) is 1. The van der Waals surface area contributed by atoms with Crippen LogP contribution in [0.3, 0.4) is 0 Å². The van der Waals surface area contributed by atoms with Gasteiger partial charge in [-0.3, -0.25) is 4.90 Å². The number of piperazine rings is 1. The number of nitrogens with zero attached hydrogens (tertiary/aromatic N) is 3. The van der Waals surface area contributed by atoms with Crippen molar-refractivity contribution < 1.29 is 8.78 Å². The molecule has 0 atom stereocenters. The highest BCUT2D eigenvalue weighted by atomic mass is 19.1. The summed E-state index contributed by atoms with van der Waals surface area (Å²) in [6.07, 6.45) is 3.43. The number of halogens is 2. The molecule has 0 radical (unpaired) electrons. The molecule has 3 nitrogen and oxygen atoms in total. The van der Waals surface area contributed by atoms with E-state index in [1.807, 2.05) is 24.3 Å². The van der Waals surface area contributed by atoms with Gasteiger partial charge in [-0.15, -0.1) is 0 Å². The Labute approximate surface area is 166 Å². The normalized spacial score (nSPS) is 19.9. The van der Waals surface area contributed by atoms with Gasteiger partial charge in [0.25, 0.3) is 0 Å². The van der Waals surface area contributed by atoms with Crippen LogP contribution in [-0.2, 0) is 6.42 Å². The zero-order valence-corrected chi connectivity index (χ0v) is 16.4. The minimum atomic E-state index is -0.173. The molecule has 2 aliphatic heterocycles. The van der Waals surface area contributed by atoms with Gasteiger partial charge >= 0.3 is 0 Å². The maximum absolute atomic E-state index is 13.1. The van der Waals surface area contributed by atoms with Crippen LogP contribution in [0, 0.1) is 11.6 Å².